The number of benzene rings is 2. The number of rotatable bonds is 5. The van der Waals surface area contributed by atoms with Gasteiger partial charge in [0, 0.05) is 31.2 Å². The number of amides is 1. The van der Waals surface area contributed by atoms with Crippen LogP contribution in [0.1, 0.15) is 22.5 Å². The van der Waals surface area contributed by atoms with Gasteiger partial charge in [0.1, 0.15) is 23.1 Å². The molecule has 1 aliphatic heterocycles. The van der Waals surface area contributed by atoms with Crippen molar-refractivity contribution in [3.63, 3.8) is 0 Å². The van der Waals surface area contributed by atoms with E-state index < -0.39 is 5.82 Å². The molecule has 2 aromatic heterocycles. The summed E-state index contributed by atoms with van der Waals surface area (Å²) in [6.45, 7) is 3.92. The Kier molecular flexibility index (Phi) is 5.79. The largest absolute Gasteiger partial charge is 0.507 e. The summed E-state index contributed by atoms with van der Waals surface area (Å²) in [6, 6.07) is 15.3. The van der Waals surface area contributed by atoms with Gasteiger partial charge < -0.3 is 15.3 Å². The number of halogens is 1. The van der Waals surface area contributed by atoms with Crippen LogP contribution in [0.25, 0.3) is 22.3 Å². The highest BCUT2D eigenvalue weighted by Crippen LogP contribution is 2.35. The minimum absolute atomic E-state index is 0.00877. The van der Waals surface area contributed by atoms with E-state index in [2.05, 4.69) is 20.2 Å². The van der Waals surface area contributed by atoms with Crippen molar-refractivity contribution in [2.75, 3.05) is 24.5 Å². The van der Waals surface area contributed by atoms with Crippen LogP contribution in [0.3, 0.4) is 0 Å². The van der Waals surface area contributed by atoms with E-state index in [1.165, 1.54) is 18.2 Å². The number of hydrogen-bond donors (Lipinski definition) is 2. The number of aryl methyl sites for hydroxylation is 1. The minimum Gasteiger partial charge on any atom is -0.507 e. The van der Waals surface area contributed by atoms with Gasteiger partial charge >= 0.3 is 0 Å². The van der Waals surface area contributed by atoms with E-state index in [1.807, 2.05) is 25.1 Å². The number of carbonyl (C=O) groups is 1. The lowest BCUT2D eigenvalue weighted by Crippen LogP contribution is -2.31. The van der Waals surface area contributed by atoms with Gasteiger partial charge in [-0.2, -0.15) is 0 Å². The number of fused-ring (bicyclic) bond motifs is 1. The number of anilines is 1. The van der Waals surface area contributed by atoms with Crippen LogP contribution in [-0.2, 0) is 0 Å². The van der Waals surface area contributed by atoms with Crippen molar-refractivity contribution in [2.45, 2.75) is 13.3 Å². The lowest BCUT2D eigenvalue weighted by Gasteiger charge is -2.21. The van der Waals surface area contributed by atoms with Crippen LogP contribution in [-0.4, -0.2) is 45.6 Å². The molecule has 34 heavy (non-hydrogen) atoms. The van der Waals surface area contributed by atoms with Crippen molar-refractivity contribution in [3.05, 3.63) is 77.9 Å². The first-order valence-electron chi connectivity index (χ1n) is 11.2. The molecule has 0 aliphatic carbocycles. The van der Waals surface area contributed by atoms with E-state index in [-0.39, 0.29) is 29.0 Å². The van der Waals surface area contributed by atoms with Gasteiger partial charge in [0.05, 0.1) is 11.1 Å². The SMILES string of the molecule is Cc1ccc2c(N3CC[C@@H](CNC(=O)c4ccccn4)C3)nc(-c3c(O)cccc3F)nc2c1. The van der Waals surface area contributed by atoms with Gasteiger partial charge in [-0.1, -0.05) is 18.2 Å². The maximum absolute atomic E-state index is 14.6. The zero-order chi connectivity index (χ0) is 23.7. The molecule has 1 aliphatic rings. The Labute approximate surface area is 196 Å². The maximum atomic E-state index is 14.6. The molecular weight excluding hydrogens is 433 g/mol. The zero-order valence-corrected chi connectivity index (χ0v) is 18.7. The maximum Gasteiger partial charge on any atom is 0.269 e. The fourth-order valence-electron chi connectivity index (χ4n) is 4.33. The summed E-state index contributed by atoms with van der Waals surface area (Å²) in [5.41, 5.74) is 2.10. The Balaban J connectivity index is 1.42. The van der Waals surface area contributed by atoms with E-state index in [0.717, 1.165) is 23.9 Å². The number of aromatic hydroxyl groups is 1. The van der Waals surface area contributed by atoms with Crippen LogP contribution in [0.15, 0.2) is 60.8 Å². The van der Waals surface area contributed by atoms with Gasteiger partial charge in [0.15, 0.2) is 5.82 Å². The van der Waals surface area contributed by atoms with Crippen molar-refractivity contribution >= 4 is 22.6 Å². The predicted molar refractivity (Wildman–Crippen MR) is 128 cm³/mol. The Morgan fingerprint density at radius 3 is 2.85 bits per heavy atom. The van der Waals surface area contributed by atoms with E-state index in [1.54, 1.807) is 24.4 Å². The summed E-state index contributed by atoms with van der Waals surface area (Å²) >= 11 is 0. The first-order chi connectivity index (χ1) is 16.5. The lowest BCUT2D eigenvalue weighted by atomic mass is 10.1. The van der Waals surface area contributed by atoms with Crippen molar-refractivity contribution in [1.29, 1.82) is 0 Å². The third-order valence-electron chi connectivity index (χ3n) is 6.08. The topological polar surface area (TPSA) is 91.2 Å². The minimum atomic E-state index is -0.575. The number of pyridine rings is 1. The van der Waals surface area contributed by atoms with Crippen molar-refractivity contribution in [3.8, 4) is 17.1 Å². The number of hydrogen-bond acceptors (Lipinski definition) is 6. The Hall–Kier alpha value is -4.07. The second kappa shape index (κ2) is 9.05. The molecule has 0 radical (unpaired) electrons. The summed E-state index contributed by atoms with van der Waals surface area (Å²) in [4.78, 5) is 27.9. The van der Waals surface area contributed by atoms with Crippen LogP contribution in [0.5, 0.6) is 5.75 Å². The molecule has 8 heteroatoms. The molecule has 1 fully saturated rings. The van der Waals surface area contributed by atoms with E-state index in [0.29, 0.717) is 30.1 Å². The van der Waals surface area contributed by atoms with Crippen LogP contribution in [0, 0.1) is 18.7 Å². The monoisotopic (exact) mass is 457 g/mol. The molecular formula is C26H24FN5O2. The Morgan fingerprint density at radius 1 is 1.18 bits per heavy atom. The highest BCUT2D eigenvalue weighted by molar-refractivity contribution is 5.93. The Morgan fingerprint density at radius 2 is 2.06 bits per heavy atom. The third-order valence-corrected chi connectivity index (χ3v) is 6.08. The molecule has 7 nitrogen and oxygen atoms in total. The normalized spacial score (nSPS) is 15.6. The smallest absolute Gasteiger partial charge is 0.269 e. The van der Waals surface area contributed by atoms with Gasteiger partial charge in [-0.3, -0.25) is 9.78 Å². The highest BCUT2D eigenvalue weighted by atomic mass is 19.1. The van der Waals surface area contributed by atoms with Gasteiger partial charge in [-0.15, -0.1) is 0 Å². The molecule has 1 saturated heterocycles. The molecule has 2 N–H and O–H groups in total. The molecule has 0 unspecified atom stereocenters. The lowest BCUT2D eigenvalue weighted by molar-refractivity contribution is 0.0943. The van der Waals surface area contributed by atoms with Crippen LogP contribution < -0.4 is 10.2 Å². The molecule has 0 bridgehead atoms. The van der Waals surface area contributed by atoms with Crippen molar-refractivity contribution in [1.82, 2.24) is 20.3 Å². The molecule has 0 spiro atoms. The number of aromatic nitrogens is 3. The first-order valence-corrected chi connectivity index (χ1v) is 11.2. The van der Waals surface area contributed by atoms with E-state index >= 15 is 0 Å². The fraction of sp³-hybridized carbons (Fsp3) is 0.231. The van der Waals surface area contributed by atoms with Crippen molar-refractivity contribution in [2.24, 2.45) is 5.92 Å². The zero-order valence-electron chi connectivity index (χ0n) is 18.7. The van der Waals surface area contributed by atoms with E-state index in [9.17, 15) is 14.3 Å². The van der Waals surface area contributed by atoms with Crippen LogP contribution in [0.4, 0.5) is 10.2 Å². The van der Waals surface area contributed by atoms with E-state index in [4.69, 9.17) is 4.98 Å². The number of carbonyl (C=O) groups excluding carboxylic acids is 1. The number of phenols is 1. The van der Waals surface area contributed by atoms with Crippen LogP contribution >= 0.6 is 0 Å². The molecule has 172 valence electrons. The highest BCUT2D eigenvalue weighted by Gasteiger charge is 2.27. The average Bonchev–Trinajstić information content (AvgIpc) is 3.31. The molecule has 3 heterocycles. The fourth-order valence-corrected chi connectivity index (χ4v) is 4.33. The molecule has 1 atom stereocenters. The summed E-state index contributed by atoms with van der Waals surface area (Å²) < 4.78 is 14.6. The van der Waals surface area contributed by atoms with Gasteiger partial charge in [0.25, 0.3) is 5.91 Å². The standard InChI is InChI=1S/C26H24FN5O2/c1-16-8-9-18-21(13-16)30-24(23-19(27)5-4-7-22(23)33)31-25(18)32-12-10-17(15-32)14-29-26(34)20-6-2-3-11-28-20/h2-9,11,13,17,33H,10,12,14-15H2,1H3,(H,29,34)/t17-/m0/s1. The number of nitrogens with zero attached hydrogens (tertiary/aromatic N) is 4. The van der Waals surface area contributed by atoms with Gasteiger partial charge in [-0.05, 0) is 61.2 Å². The summed E-state index contributed by atoms with van der Waals surface area (Å²) in [5.74, 6) is 0.105. The second-order valence-electron chi connectivity index (χ2n) is 8.55. The summed E-state index contributed by atoms with van der Waals surface area (Å²) in [6.07, 6.45) is 2.47. The molecule has 1 amide bonds. The van der Waals surface area contributed by atoms with Crippen LogP contribution in [0.2, 0.25) is 0 Å². The van der Waals surface area contributed by atoms with Gasteiger partial charge in [-0.25, -0.2) is 14.4 Å². The molecule has 2 aromatic carbocycles. The van der Waals surface area contributed by atoms with Gasteiger partial charge in [0.2, 0.25) is 0 Å². The number of nitrogens with one attached hydrogen (secondary N) is 1. The van der Waals surface area contributed by atoms with Crippen molar-refractivity contribution < 1.29 is 14.3 Å². The second-order valence-corrected chi connectivity index (χ2v) is 8.55. The average molecular weight is 458 g/mol. The molecule has 0 saturated carbocycles. The summed E-state index contributed by atoms with van der Waals surface area (Å²) in [7, 11) is 0. The molecule has 4 aromatic rings. The summed E-state index contributed by atoms with van der Waals surface area (Å²) in [5, 5.41) is 14.1. The third kappa shape index (κ3) is 4.26. The Bertz CT molecular complexity index is 1340. The molecule has 5 rings (SSSR count). The predicted octanol–water partition coefficient (Wildman–Crippen LogP) is 4.10. The first kappa shape index (κ1) is 21.8. The quantitative estimate of drug-likeness (QED) is 0.469. The number of phenolic OH excluding ortho intramolecular Hbond substituents is 1.